The Morgan fingerprint density at radius 2 is 1.50 bits per heavy atom. The van der Waals surface area contributed by atoms with E-state index in [0.29, 0.717) is 24.3 Å². The monoisotopic (exact) mass is 593 g/mol. The molecular formula is C35H39N5O4. The van der Waals surface area contributed by atoms with Crippen molar-refractivity contribution in [1.29, 1.82) is 0 Å². The average Bonchev–Trinajstić information content (AvgIpc) is 3.02. The molecule has 9 heteroatoms. The van der Waals surface area contributed by atoms with Crippen molar-refractivity contribution in [2.24, 2.45) is 0 Å². The van der Waals surface area contributed by atoms with E-state index >= 15 is 0 Å². The summed E-state index contributed by atoms with van der Waals surface area (Å²) in [7, 11) is 4.05. The molecule has 4 aromatic rings. The third kappa shape index (κ3) is 8.43. The molecule has 3 aromatic carbocycles. The van der Waals surface area contributed by atoms with Gasteiger partial charge in [-0.2, -0.15) is 0 Å². The molecule has 9 nitrogen and oxygen atoms in total. The van der Waals surface area contributed by atoms with Gasteiger partial charge < -0.3 is 24.9 Å². The van der Waals surface area contributed by atoms with Crippen LogP contribution in [-0.4, -0.2) is 72.6 Å². The summed E-state index contributed by atoms with van der Waals surface area (Å²) in [5.74, 6) is 0.602. The maximum Gasteiger partial charge on any atom is 0.272 e. The van der Waals surface area contributed by atoms with Gasteiger partial charge in [0.1, 0.15) is 16.4 Å². The van der Waals surface area contributed by atoms with Crippen molar-refractivity contribution in [2.75, 3.05) is 46.9 Å². The third-order valence-corrected chi connectivity index (χ3v) is 7.60. The molecule has 1 aromatic heterocycles. The molecule has 0 bridgehead atoms. The Morgan fingerprint density at radius 1 is 0.886 bits per heavy atom. The number of carbonyl (C=O) groups is 1. The summed E-state index contributed by atoms with van der Waals surface area (Å²) in [5.41, 5.74) is 3.91. The van der Waals surface area contributed by atoms with Crippen LogP contribution in [0.3, 0.4) is 0 Å². The third-order valence-electron chi connectivity index (χ3n) is 7.60. The lowest BCUT2D eigenvalue weighted by Crippen LogP contribution is -2.46. The molecule has 3 N–H and O–H groups in total. The van der Waals surface area contributed by atoms with Gasteiger partial charge in [0.05, 0.1) is 6.61 Å². The largest absolute Gasteiger partial charge is 0.494 e. The average molecular weight is 594 g/mol. The number of nitrogens with zero attached hydrogens (tertiary/aromatic N) is 2. The van der Waals surface area contributed by atoms with E-state index in [0.717, 1.165) is 50.3 Å². The summed E-state index contributed by atoms with van der Waals surface area (Å²) < 4.78 is 5.75. The van der Waals surface area contributed by atoms with Gasteiger partial charge in [0.2, 0.25) is 0 Å². The minimum atomic E-state index is -0.418. The highest BCUT2D eigenvalue weighted by Gasteiger charge is 2.15. The zero-order valence-electron chi connectivity index (χ0n) is 25.3. The second kappa shape index (κ2) is 14.6. The predicted molar refractivity (Wildman–Crippen MR) is 173 cm³/mol. The zero-order valence-corrected chi connectivity index (χ0v) is 25.3. The maximum atomic E-state index is 12.8. The molecule has 0 atom stereocenters. The van der Waals surface area contributed by atoms with Crippen LogP contribution >= 0.6 is 0 Å². The molecule has 0 aliphatic carbocycles. The Bertz CT molecular complexity index is 1810. The van der Waals surface area contributed by atoms with E-state index in [1.54, 1.807) is 36.4 Å². The van der Waals surface area contributed by atoms with Crippen LogP contribution in [0, 0.1) is 0 Å². The fraction of sp³-hybridized carbons (Fsp3) is 0.286. The van der Waals surface area contributed by atoms with Crippen molar-refractivity contribution in [2.45, 2.75) is 19.4 Å². The number of carbonyl (C=O) groups excluding carboxylic acids is 1. The molecule has 0 radical (unpaired) electrons. The summed E-state index contributed by atoms with van der Waals surface area (Å²) >= 11 is 0. The SMILES string of the molecule is CN(C)CCCOc1ccc(/C=c2\[nH]c(=O)/c(=C/c3ccc(C(=O)NCCN4CCc5ccccc5C4)cc3)[nH]c2=O)cc1. The second-order valence-corrected chi connectivity index (χ2v) is 11.3. The Labute approximate surface area is 256 Å². The number of nitrogens with one attached hydrogen (secondary N) is 3. The zero-order chi connectivity index (χ0) is 30.9. The molecule has 0 saturated carbocycles. The van der Waals surface area contributed by atoms with Gasteiger partial charge in [-0.15, -0.1) is 0 Å². The Balaban J connectivity index is 1.17. The highest BCUT2D eigenvalue weighted by atomic mass is 16.5. The van der Waals surface area contributed by atoms with Gasteiger partial charge in [-0.3, -0.25) is 19.3 Å². The molecule has 0 unspecified atom stereocenters. The number of rotatable bonds is 11. The van der Waals surface area contributed by atoms with Gasteiger partial charge >= 0.3 is 0 Å². The van der Waals surface area contributed by atoms with Crippen molar-refractivity contribution < 1.29 is 9.53 Å². The summed E-state index contributed by atoms with van der Waals surface area (Å²) in [5, 5.41) is 3.29. The van der Waals surface area contributed by atoms with Crippen LogP contribution in [0.5, 0.6) is 5.75 Å². The topological polar surface area (TPSA) is 111 Å². The molecule has 44 heavy (non-hydrogen) atoms. The van der Waals surface area contributed by atoms with Crippen molar-refractivity contribution >= 4 is 18.1 Å². The number of aromatic amines is 2. The molecule has 228 valence electrons. The predicted octanol–water partition coefficient (Wildman–Crippen LogP) is 1.84. The van der Waals surface area contributed by atoms with Gasteiger partial charge in [0.15, 0.2) is 0 Å². The lowest BCUT2D eigenvalue weighted by Gasteiger charge is -2.28. The summed E-state index contributed by atoms with van der Waals surface area (Å²) in [6.07, 6.45) is 5.16. The summed E-state index contributed by atoms with van der Waals surface area (Å²) in [6, 6.07) is 22.8. The van der Waals surface area contributed by atoms with Crippen LogP contribution in [0.25, 0.3) is 12.2 Å². The van der Waals surface area contributed by atoms with Crippen molar-refractivity contribution in [3.63, 3.8) is 0 Å². The first-order chi connectivity index (χ1) is 21.3. The van der Waals surface area contributed by atoms with E-state index in [2.05, 4.69) is 49.4 Å². The van der Waals surface area contributed by atoms with E-state index < -0.39 is 11.1 Å². The molecule has 0 spiro atoms. The first kappa shape index (κ1) is 30.7. The van der Waals surface area contributed by atoms with Crippen molar-refractivity contribution in [3.05, 3.63) is 132 Å². The fourth-order valence-electron chi connectivity index (χ4n) is 5.17. The van der Waals surface area contributed by atoms with Crippen LogP contribution in [0.15, 0.2) is 82.4 Å². The molecule has 2 heterocycles. The van der Waals surface area contributed by atoms with Crippen molar-refractivity contribution in [3.8, 4) is 5.75 Å². The van der Waals surface area contributed by atoms with Crippen LogP contribution in [0.2, 0.25) is 0 Å². The van der Waals surface area contributed by atoms with Gasteiger partial charge in [0.25, 0.3) is 17.0 Å². The minimum Gasteiger partial charge on any atom is -0.494 e. The molecule has 1 amide bonds. The van der Waals surface area contributed by atoms with Crippen LogP contribution < -0.4 is 31.9 Å². The first-order valence-electron chi connectivity index (χ1n) is 14.9. The normalized spacial score (nSPS) is 14.1. The molecular weight excluding hydrogens is 554 g/mol. The number of hydrogen-bond acceptors (Lipinski definition) is 6. The molecule has 0 fully saturated rings. The molecule has 1 aliphatic rings. The van der Waals surface area contributed by atoms with E-state index in [9.17, 15) is 14.4 Å². The number of hydrogen-bond donors (Lipinski definition) is 3. The quantitative estimate of drug-likeness (QED) is 0.229. The number of fused-ring (bicyclic) bond motifs is 1. The van der Waals surface area contributed by atoms with Gasteiger partial charge in [-0.25, -0.2) is 0 Å². The van der Waals surface area contributed by atoms with Crippen molar-refractivity contribution in [1.82, 2.24) is 25.1 Å². The summed E-state index contributed by atoms with van der Waals surface area (Å²) in [6.45, 7) is 4.80. The van der Waals surface area contributed by atoms with Crippen LogP contribution in [0.4, 0.5) is 0 Å². The number of ether oxygens (including phenoxy) is 1. The maximum absolute atomic E-state index is 12.8. The highest BCUT2D eigenvalue weighted by molar-refractivity contribution is 5.94. The Hall–Kier alpha value is -4.73. The van der Waals surface area contributed by atoms with E-state index in [1.807, 2.05) is 38.4 Å². The highest BCUT2D eigenvalue weighted by Crippen LogP contribution is 2.18. The lowest BCUT2D eigenvalue weighted by molar-refractivity contribution is 0.0947. The Kier molecular flexibility index (Phi) is 10.2. The first-order valence-corrected chi connectivity index (χ1v) is 14.9. The van der Waals surface area contributed by atoms with E-state index in [-0.39, 0.29) is 16.6 Å². The lowest BCUT2D eigenvalue weighted by atomic mass is 10.00. The van der Waals surface area contributed by atoms with Gasteiger partial charge in [-0.1, -0.05) is 48.5 Å². The van der Waals surface area contributed by atoms with Gasteiger partial charge in [0, 0.05) is 38.3 Å². The van der Waals surface area contributed by atoms with Gasteiger partial charge in [-0.05, 0) is 85.6 Å². The van der Waals surface area contributed by atoms with E-state index in [1.165, 1.54) is 11.1 Å². The number of H-pyrrole nitrogens is 2. The number of aromatic nitrogens is 2. The molecule has 1 aliphatic heterocycles. The Morgan fingerprint density at radius 3 is 2.14 bits per heavy atom. The molecule has 5 rings (SSSR count). The van der Waals surface area contributed by atoms with Crippen LogP contribution in [-0.2, 0) is 13.0 Å². The van der Waals surface area contributed by atoms with Crippen LogP contribution in [0.1, 0.15) is 39.0 Å². The summed E-state index contributed by atoms with van der Waals surface area (Å²) in [4.78, 5) is 48.0. The second-order valence-electron chi connectivity index (χ2n) is 11.3. The number of benzene rings is 3. The smallest absolute Gasteiger partial charge is 0.272 e. The van der Waals surface area contributed by atoms with E-state index in [4.69, 9.17) is 4.74 Å². The fourth-order valence-corrected chi connectivity index (χ4v) is 5.17. The standard InChI is InChI=1S/C35H39N5O4/c1-39(2)18-5-21-44-30-14-10-26(11-15-30)23-32-35(43)37-31(34(42)38-32)22-25-8-12-28(13-9-25)33(41)36-17-20-40-19-16-27-6-3-4-7-29(27)24-40/h3-4,6-15,22-23H,5,16-21,24H2,1-2H3,(H,36,41)(H,37,43)(H,38,42)/b31-22-,32-23-. The number of amides is 1. The molecule has 0 saturated heterocycles. The minimum absolute atomic E-state index is 0.133.